The van der Waals surface area contributed by atoms with Crippen molar-refractivity contribution in [2.75, 3.05) is 11.9 Å². The molecule has 4 atom stereocenters. The largest absolute Gasteiger partial charge is 0.326 e. The Kier molecular flexibility index (Phi) is 5.09. The van der Waals surface area contributed by atoms with Gasteiger partial charge in [-0.15, -0.1) is 0 Å². The zero-order valence-corrected chi connectivity index (χ0v) is 18.2. The van der Waals surface area contributed by atoms with Gasteiger partial charge in [-0.05, 0) is 42.5 Å². The minimum absolute atomic E-state index is 0.0258. The molecule has 0 bridgehead atoms. The summed E-state index contributed by atoms with van der Waals surface area (Å²) in [4.78, 5) is 27.4. The number of halogens is 3. The van der Waals surface area contributed by atoms with E-state index in [0.29, 0.717) is 28.7 Å². The van der Waals surface area contributed by atoms with Gasteiger partial charge < -0.3 is 15.8 Å². The van der Waals surface area contributed by atoms with Crippen molar-refractivity contribution in [3.63, 3.8) is 0 Å². The Bertz CT molecular complexity index is 1080. The average Bonchev–Trinajstić information content (AvgIpc) is 3.46. The Hall–Kier alpha value is -1.99. The van der Waals surface area contributed by atoms with Crippen LogP contribution in [-0.4, -0.2) is 35.7 Å². The van der Waals surface area contributed by atoms with E-state index < -0.39 is 29.4 Å². The molecule has 5 rings (SSSR count). The predicted molar refractivity (Wildman–Crippen MR) is 118 cm³/mol. The van der Waals surface area contributed by atoms with Crippen LogP contribution in [0.1, 0.15) is 36.3 Å². The molecule has 0 aromatic heterocycles. The molecule has 2 fully saturated rings. The molecule has 2 heterocycles. The summed E-state index contributed by atoms with van der Waals surface area (Å²) >= 11 is 12.3. The number of hydrogen-bond acceptors (Lipinski definition) is 4. The molecule has 1 saturated carbocycles. The normalized spacial score (nSPS) is 29.9. The highest BCUT2D eigenvalue weighted by molar-refractivity contribution is 6.31. The van der Waals surface area contributed by atoms with Gasteiger partial charge in [-0.3, -0.25) is 9.69 Å². The number of hydrogen-bond donors (Lipinski definition) is 2. The maximum absolute atomic E-state index is 15.3. The van der Waals surface area contributed by atoms with Crippen LogP contribution < -0.4 is 11.1 Å². The fourth-order valence-electron chi connectivity index (χ4n) is 5.47. The first kappa shape index (κ1) is 20.9. The van der Waals surface area contributed by atoms with E-state index in [1.165, 1.54) is 6.07 Å². The molecule has 3 aliphatic rings. The molecule has 0 radical (unpaired) electrons. The van der Waals surface area contributed by atoms with E-state index in [4.69, 9.17) is 28.9 Å². The molecular formula is C23H22Cl2FN3O2. The van der Waals surface area contributed by atoms with Crippen LogP contribution in [0.5, 0.6) is 0 Å². The summed E-state index contributed by atoms with van der Waals surface area (Å²) in [7, 11) is 0. The number of nitrogens with two attached hydrogens (primary N) is 1. The number of amides is 1. The number of nitrogens with zero attached hydrogens (tertiary/aromatic N) is 1. The van der Waals surface area contributed by atoms with Crippen LogP contribution >= 0.6 is 23.2 Å². The van der Waals surface area contributed by atoms with Gasteiger partial charge in [-0.2, -0.15) is 0 Å². The lowest BCUT2D eigenvalue weighted by atomic mass is 9.73. The predicted octanol–water partition coefficient (Wildman–Crippen LogP) is 4.07. The lowest BCUT2D eigenvalue weighted by molar-refractivity contribution is -0.128. The van der Waals surface area contributed by atoms with Crippen LogP contribution in [0.4, 0.5) is 10.1 Å². The highest BCUT2D eigenvalue weighted by Gasteiger charge is 2.66. The third kappa shape index (κ3) is 3.04. The van der Waals surface area contributed by atoms with Crippen molar-refractivity contribution >= 4 is 41.1 Å². The molecular weight excluding hydrogens is 440 g/mol. The number of carbonyl (C=O) groups excluding carboxylic acids is 2. The number of fused-ring (bicyclic) bond motifs is 2. The SMILES string of the molecule is N[C@@H]1[C@H](CC=O)N(CC2CC2)[C@@]2(C(=O)Nc3cc(Cl)ccc32)[C@H]1c1cccc(Cl)c1F. The van der Waals surface area contributed by atoms with E-state index >= 15 is 4.39 Å². The van der Waals surface area contributed by atoms with Crippen LogP contribution in [0.2, 0.25) is 10.0 Å². The number of aldehydes is 1. The Labute approximate surface area is 189 Å². The number of carbonyl (C=O) groups is 2. The van der Waals surface area contributed by atoms with Crippen LogP contribution in [0.25, 0.3) is 0 Å². The fourth-order valence-corrected chi connectivity index (χ4v) is 5.82. The van der Waals surface area contributed by atoms with Crippen LogP contribution in [-0.2, 0) is 15.1 Å². The Morgan fingerprint density at radius 2 is 2.03 bits per heavy atom. The zero-order valence-electron chi connectivity index (χ0n) is 16.7. The van der Waals surface area contributed by atoms with Gasteiger partial charge in [0.15, 0.2) is 0 Å². The van der Waals surface area contributed by atoms with Gasteiger partial charge in [0.1, 0.15) is 17.6 Å². The summed E-state index contributed by atoms with van der Waals surface area (Å²) < 4.78 is 15.3. The van der Waals surface area contributed by atoms with Crippen molar-refractivity contribution in [3.8, 4) is 0 Å². The van der Waals surface area contributed by atoms with Crippen molar-refractivity contribution in [1.82, 2.24) is 4.90 Å². The van der Waals surface area contributed by atoms with Crippen molar-refractivity contribution in [1.29, 1.82) is 0 Å². The average molecular weight is 462 g/mol. The molecule has 162 valence electrons. The molecule has 31 heavy (non-hydrogen) atoms. The van der Waals surface area contributed by atoms with Gasteiger partial charge in [0, 0.05) is 47.2 Å². The highest BCUT2D eigenvalue weighted by atomic mass is 35.5. The summed E-state index contributed by atoms with van der Waals surface area (Å²) in [5.74, 6) is -1.17. The topological polar surface area (TPSA) is 75.4 Å². The summed E-state index contributed by atoms with van der Waals surface area (Å²) in [6.07, 6.45) is 3.09. The molecule has 8 heteroatoms. The molecule has 2 aromatic carbocycles. The molecule has 1 saturated heterocycles. The number of likely N-dealkylation sites (tertiary alicyclic amines) is 1. The van der Waals surface area contributed by atoms with Crippen molar-refractivity contribution in [3.05, 3.63) is 63.4 Å². The minimum atomic E-state index is -1.25. The molecule has 1 spiro atoms. The summed E-state index contributed by atoms with van der Waals surface area (Å²) in [6.45, 7) is 0.611. The van der Waals surface area contributed by atoms with Gasteiger partial charge >= 0.3 is 0 Å². The number of rotatable bonds is 5. The molecule has 1 aliphatic carbocycles. The second kappa shape index (κ2) is 7.55. The van der Waals surface area contributed by atoms with Crippen LogP contribution in [0.15, 0.2) is 36.4 Å². The van der Waals surface area contributed by atoms with Gasteiger partial charge in [0.25, 0.3) is 0 Å². The van der Waals surface area contributed by atoms with Crippen molar-refractivity contribution in [2.24, 2.45) is 11.7 Å². The van der Waals surface area contributed by atoms with E-state index in [9.17, 15) is 9.59 Å². The van der Waals surface area contributed by atoms with E-state index in [2.05, 4.69) is 5.32 Å². The Morgan fingerprint density at radius 1 is 1.26 bits per heavy atom. The quantitative estimate of drug-likeness (QED) is 0.657. The standard InChI is InChI=1S/C23H22Cl2FN3O2/c24-13-6-7-15-17(10-13)28-22(31)23(15)19(14-2-1-3-16(25)20(14)26)21(27)18(8-9-30)29(23)11-12-4-5-12/h1-3,6-7,9-10,12,18-19,21H,4-5,8,11,27H2,(H,28,31)/t18-,19-,21+,23+/m0/s1. The zero-order chi connectivity index (χ0) is 21.9. The van der Waals surface area contributed by atoms with Crippen LogP contribution in [0.3, 0.4) is 0 Å². The molecule has 0 unspecified atom stereocenters. The van der Waals surface area contributed by atoms with E-state index in [1.54, 1.807) is 30.3 Å². The third-order valence-corrected chi connectivity index (χ3v) is 7.45. The maximum Gasteiger partial charge on any atom is 0.250 e. The fraction of sp³-hybridized carbons (Fsp3) is 0.391. The first-order valence-electron chi connectivity index (χ1n) is 10.4. The first-order chi connectivity index (χ1) is 14.9. The molecule has 2 aliphatic heterocycles. The third-order valence-electron chi connectivity index (χ3n) is 6.93. The summed E-state index contributed by atoms with van der Waals surface area (Å²) in [5, 5.41) is 3.41. The second-order valence-electron chi connectivity index (χ2n) is 8.67. The Balaban J connectivity index is 1.79. The highest BCUT2D eigenvalue weighted by Crippen LogP contribution is 2.58. The van der Waals surface area contributed by atoms with E-state index in [1.807, 2.05) is 4.90 Å². The molecule has 1 amide bonds. The van der Waals surface area contributed by atoms with Crippen molar-refractivity contribution < 1.29 is 14.0 Å². The van der Waals surface area contributed by atoms with Gasteiger partial charge in [0.05, 0.1) is 5.02 Å². The molecule has 5 nitrogen and oxygen atoms in total. The summed E-state index contributed by atoms with van der Waals surface area (Å²) in [5.41, 5.74) is 7.06. The smallest absolute Gasteiger partial charge is 0.250 e. The van der Waals surface area contributed by atoms with Gasteiger partial charge in [0.2, 0.25) is 5.91 Å². The van der Waals surface area contributed by atoms with Gasteiger partial charge in [-0.25, -0.2) is 4.39 Å². The second-order valence-corrected chi connectivity index (χ2v) is 9.52. The minimum Gasteiger partial charge on any atom is -0.326 e. The molecule has 2 aromatic rings. The molecule has 3 N–H and O–H groups in total. The van der Waals surface area contributed by atoms with E-state index in [-0.39, 0.29) is 22.9 Å². The number of anilines is 1. The number of nitrogens with one attached hydrogen (secondary N) is 1. The Morgan fingerprint density at radius 3 is 2.74 bits per heavy atom. The monoisotopic (exact) mass is 461 g/mol. The van der Waals surface area contributed by atoms with Crippen molar-refractivity contribution in [2.45, 2.75) is 42.8 Å². The summed E-state index contributed by atoms with van der Waals surface area (Å²) in [6, 6.07) is 8.94. The van der Waals surface area contributed by atoms with Gasteiger partial charge in [-0.1, -0.05) is 41.4 Å². The lowest BCUT2D eigenvalue weighted by Crippen LogP contribution is -2.52. The lowest BCUT2D eigenvalue weighted by Gasteiger charge is -2.39. The van der Waals surface area contributed by atoms with E-state index in [0.717, 1.165) is 19.1 Å². The maximum atomic E-state index is 15.3. The first-order valence-corrected chi connectivity index (χ1v) is 11.2. The number of benzene rings is 2. The van der Waals surface area contributed by atoms with Crippen LogP contribution in [0, 0.1) is 11.7 Å².